The first-order chi connectivity index (χ1) is 4.24. The van der Waals surface area contributed by atoms with Gasteiger partial charge in [-0.15, -0.1) is 0 Å². The highest BCUT2D eigenvalue weighted by Gasteiger charge is 2.28. The van der Waals surface area contributed by atoms with E-state index in [0.717, 1.165) is 17.8 Å². The predicted octanol–water partition coefficient (Wildman–Crippen LogP) is 3.08. The van der Waals surface area contributed by atoms with E-state index in [9.17, 15) is 0 Å². The molecule has 0 amide bonds. The molecule has 0 nitrogen and oxygen atoms in total. The fourth-order valence-corrected chi connectivity index (χ4v) is 1.76. The molecule has 0 saturated heterocycles. The van der Waals surface area contributed by atoms with Crippen LogP contribution in [0.15, 0.2) is 0 Å². The van der Waals surface area contributed by atoms with Gasteiger partial charge in [0.1, 0.15) is 0 Å². The monoisotopic (exact) mass is 126 g/mol. The molecule has 0 bridgehead atoms. The molecule has 1 atom stereocenters. The van der Waals surface area contributed by atoms with Crippen LogP contribution in [0.1, 0.15) is 40.0 Å². The second-order valence-corrected chi connectivity index (χ2v) is 3.72. The molecule has 0 spiro atoms. The molecule has 9 heavy (non-hydrogen) atoms. The van der Waals surface area contributed by atoms with Crippen molar-refractivity contribution in [1.82, 2.24) is 0 Å². The third kappa shape index (κ3) is 1.47. The normalized spacial score (nSPS) is 37.7. The average molecular weight is 126 g/mol. The van der Waals surface area contributed by atoms with Crippen molar-refractivity contribution in [1.29, 1.82) is 0 Å². The van der Waals surface area contributed by atoms with Gasteiger partial charge in [0, 0.05) is 0 Å². The van der Waals surface area contributed by atoms with Gasteiger partial charge in [-0.3, -0.25) is 0 Å². The summed E-state index contributed by atoms with van der Waals surface area (Å²) in [7, 11) is 0. The fraction of sp³-hybridized carbons (Fsp3) is 1.00. The zero-order valence-corrected chi connectivity index (χ0v) is 6.85. The Labute approximate surface area is 58.7 Å². The van der Waals surface area contributed by atoms with Crippen LogP contribution in [0.4, 0.5) is 0 Å². The van der Waals surface area contributed by atoms with Crippen LogP contribution in [0.25, 0.3) is 0 Å². The molecule has 1 saturated carbocycles. The van der Waals surface area contributed by atoms with E-state index in [4.69, 9.17) is 0 Å². The molecule has 0 heteroatoms. The number of hydrogen-bond acceptors (Lipinski definition) is 0. The fourth-order valence-electron chi connectivity index (χ4n) is 1.76. The van der Waals surface area contributed by atoms with Crippen LogP contribution in [-0.4, -0.2) is 0 Å². The summed E-state index contributed by atoms with van der Waals surface area (Å²) < 4.78 is 0. The van der Waals surface area contributed by atoms with Gasteiger partial charge in [0.15, 0.2) is 0 Å². The van der Waals surface area contributed by atoms with Gasteiger partial charge in [-0.05, 0) is 30.6 Å². The van der Waals surface area contributed by atoms with Crippen LogP contribution in [0.3, 0.4) is 0 Å². The van der Waals surface area contributed by atoms with Gasteiger partial charge in [0.25, 0.3) is 0 Å². The smallest absolute Gasteiger partial charge is 0.0384 e. The highest BCUT2D eigenvalue weighted by Crippen LogP contribution is 2.39. The Bertz CT molecular complexity index is 80.0. The van der Waals surface area contributed by atoms with E-state index in [0.29, 0.717) is 0 Å². The Morgan fingerprint density at radius 2 is 2.00 bits per heavy atom. The Kier molecular flexibility index (Phi) is 2.15. The molecule has 0 aromatic carbocycles. The van der Waals surface area contributed by atoms with E-state index in [-0.39, 0.29) is 0 Å². The van der Waals surface area contributed by atoms with Crippen LogP contribution in [0.5, 0.6) is 0 Å². The van der Waals surface area contributed by atoms with E-state index in [1.54, 1.807) is 0 Å². The summed E-state index contributed by atoms with van der Waals surface area (Å²) in [6.07, 6.45) is 4.36. The van der Waals surface area contributed by atoms with Gasteiger partial charge in [0.05, 0.1) is 0 Å². The van der Waals surface area contributed by atoms with Gasteiger partial charge < -0.3 is 0 Å². The molecule has 54 valence electrons. The molecule has 0 radical (unpaired) electrons. The molecule has 0 aromatic heterocycles. The van der Waals surface area contributed by atoms with E-state index >= 15 is 0 Å². The first-order valence-electron chi connectivity index (χ1n) is 4.24. The van der Waals surface area contributed by atoms with E-state index in [1.165, 1.54) is 19.3 Å². The SMILES string of the molecule is CCC(C)C1CC(C)C1. The van der Waals surface area contributed by atoms with Gasteiger partial charge in [-0.2, -0.15) is 0 Å². The molecule has 1 unspecified atom stereocenters. The van der Waals surface area contributed by atoms with Crippen molar-refractivity contribution in [2.75, 3.05) is 0 Å². The van der Waals surface area contributed by atoms with E-state index in [1.807, 2.05) is 0 Å². The summed E-state index contributed by atoms with van der Waals surface area (Å²) in [6, 6.07) is 0. The summed E-state index contributed by atoms with van der Waals surface area (Å²) >= 11 is 0. The number of rotatable bonds is 2. The standard InChI is InChI=1S/C9H18/c1-4-8(3)9-5-7(2)6-9/h7-9H,4-6H2,1-3H3. The zero-order chi connectivity index (χ0) is 6.85. The lowest BCUT2D eigenvalue weighted by atomic mass is 9.69. The Morgan fingerprint density at radius 3 is 2.33 bits per heavy atom. The molecule has 1 aliphatic rings. The lowest BCUT2D eigenvalue weighted by Crippen LogP contribution is -2.26. The Morgan fingerprint density at radius 1 is 1.44 bits per heavy atom. The van der Waals surface area contributed by atoms with Gasteiger partial charge >= 0.3 is 0 Å². The second kappa shape index (κ2) is 2.72. The summed E-state index contributed by atoms with van der Waals surface area (Å²) in [6.45, 7) is 7.04. The molecule has 1 fully saturated rings. The molecule has 1 aliphatic carbocycles. The topological polar surface area (TPSA) is 0 Å². The van der Waals surface area contributed by atoms with Crippen LogP contribution < -0.4 is 0 Å². The minimum atomic E-state index is 0.987. The highest BCUT2D eigenvalue weighted by molar-refractivity contribution is 4.79. The first-order valence-corrected chi connectivity index (χ1v) is 4.24. The lowest BCUT2D eigenvalue weighted by Gasteiger charge is -2.36. The first kappa shape index (κ1) is 7.11. The summed E-state index contributed by atoms with van der Waals surface area (Å²) in [5, 5.41) is 0. The molecular weight excluding hydrogens is 108 g/mol. The van der Waals surface area contributed by atoms with Crippen molar-refractivity contribution in [2.45, 2.75) is 40.0 Å². The maximum absolute atomic E-state index is 2.39. The zero-order valence-electron chi connectivity index (χ0n) is 6.85. The molecule has 1 rings (SSSR count). The van der Waals surface area contributed by atoms with Crippen LogP contribution in [-0.2, 0) is 0 Å². The van der Waals surface area contributed by atoms with Crippen LogP contribution in [0.2, 0.25) is 0 Å². The Hall–Kier alpha value is 0. The Balaban J connectivity index is 2.15. The van der Waals surface area contributed by atoms with Crippen LogP contribution >= 0.6 is 0 Å². The minimum absolute atomic E-state index is 0.987. The van der Waals surface area contributed by atoms with E-state index < -0.39 is 0 Å². The number of hydrogen-bond donors (Lipinski definition) is 0. The van der Waals surface area contributed by atoms with E-state index in [2.05, 4.69) is 20.8 Å². The van der Waals surface area contributed by atoms with Crippen LogP contribution in [0, 0.1) is 17.8 Å². The van der Waals surface area contributed by atoms with Crippen molar-refractivity contribution in [2.24, 2.45) is 17.8 Å². The highest BCUT2D eigenvalue weighted by atomic mass is 14.3. The summed E-state index contributed by atoms with van der Waals surface area (Å²) in [5.74, 6) is 3.09. The van der Waals surface area contributed by atoms with Gasteiger partial charge in [0.2, 0.25) is 0 Å². The molecule has 0 N–H and O–H groups in total. The maximum atomic E-state index is 2.39. The quantitative estimate of drug-likeness (QED) is 0.533. The predicted molar refractivity (Wildman–Crippen MR) is 41.3 cm³/mol. The summed E-state index contributed by atoms with van der Waals surface area (Å²) in [5.41, 5.74) is 0. The lowest BCUT2D eigenvalue weighted by molar-refractivity contribution is 0.144. The molecule has 0 aliphatic heterocycles. The molecule has 0 aromatic rings. The van der Waals surface area contributed by atoms with Crippen molar-refractivity contribution in [3.05, 3.63) is 0 Å². The minimum Gasteiger partial charge on any atom is -0.0651 e. The third-order valence-corrected chi connectivity index (χ3v) is 2.86. The summed E-state index contributed by atoms with van der Waals surface area (Å²) in [4.78, 5) is 0. The second-order valence-electron chi connectivity index (χ2n) is 3.72. The van der Waals surface area contributed by atoms with Crippen molar-refractivity contribution >= 4 is 0 Å². The van der Waals surface area contributed by atoms with Crippen molar-refractivity contribution in [3.8, 4) is 0 Å². The average Bonchev–Trinajstić information content (AvgIpc) is 1.79. The maximum Gasteiger partial charge on any atom is -0.0384 e. The molecular formula is C9H18. The van der Waals surface area contributed by atoms with Gasteiger partial charge in [-0.1, -0.05) is 27.2 Å². The van der Waals surface area contributed by atoms with Crippen molar-refractivity contribution in [3.63, 3.8) is 0 Å². The van der Waals surface area contributed by atoms with Crippen molar-refractivity contribution < 1.29 is 0 Å². The third-order valence-electron chi connectivity index (χ3n) is 2.86. The van der Waals surface area contributed by atoms with Gasteiger partial charge in [-0.25, -0.2) is 0 Å². The molecule has 0 heterocycles. The largest absolute Gasteiger partial charge is 0.0651 e.